The molecule has 1 saturated carbocycles. The molecule has 0 aliphatic heterocycles. The molecule has 2 atom stereocenters. The zero-order chi connectivity index (χ0) is 27.3. The van der Waals surface area contributed by atoms with Crippen LogP contribution in [-0.4, -0.2) is 51.9 Å². The van der Waals surface area contributed by atoms with Crippen molar-refractivity contribution in [2.75, 3.05) is 19.0 Å². The van der Waals surface area contributed by atoms with E-state index in [1.807, 2.05) is 6.92 Å². The number of esters is 1. The van der Waals surface area contributed by atoms with Gasteiger partial charge >= 0.3 is 12.1 Å². The van der Waals surface area contributed by atoms with E-state index >= 15 is 0 Å². The first kappa shape index (κ1) is 27.8. The van der Waals surface area contributed by atoms with Crippen molar-refractivity contribution in [3.63, 3.8) is 0 Å². The molecule has 1 aliphatic rings. The van der Waals surface area contributed by atoms with Crippen molar-refractivity contribution in [3.8, 4) is 22.3 Å². The van der Waals surface area contributed by atoms with E-state index < -0.39 is 12.8 Å². The SMILES string of the molecule is COC(=O)[C@H]1CCC[C@H](Oc2cnc(-c3sc(Cl)cc3CNc3nccc(OCC(F)(F)F)n3)nc2C)C1. The largest absolute Gasteiger partial charge is 0.487 e. The Morgan fingerprint density at radius 2 is 2.08 bits per heavy atom. The van der Waals surface area contributed by atoms with Crippen molar-refractivity contribution in [2.24, 2.45) is 5.92 Å². The average molecular weight is 572 g/mol. The number of ether oxygens (including phenoxy) is 3. The molecular weight excluding hydrogens is 547 g/mol. The van der Waals surface area contributed by atoms with E-state index in [-0.39, 0.29) is 36.4 Å². The van der Waals surface area contributed by atoms with Crippen molar-refractivity contribution < 1.29 is 32.2 Å². The van der Waals surface area contributed by atoms with Crippen LogP contribution in [0.25, 0.3) is 10.7 Å². The number of carbonyl (C=O) groups excluding carboxylic acids is 1. The molecule has 3 aromatic heterocycles. The fourth-order valence-corrected chi connectivity index (χ4v) is 5.26. The number of alkyl halides is 3. The maximum absolute atomic E-state index is 12.4. The molecule has 0 unspecified atom stereocenters. The summed E-state index contributed by atoms with van der Waals surface area (Å²) < 4.78 is 53.4. The lowest BCUT2D eigenvalue weighted by atomic mass is 9.87. The highest BCUT2D eigenvalue weighted by atomic mass is 35.5. The second-order valence-electron chi connectivity index (χ2n) is 8.65. The van der Waals surface area contributed by atoms with Gasteiger partial charge in [0.25, 0.3) is 0 Å². The van der Waals surface area contributed by atoms with Crippen LogP contribution in [0.4, 0.5) is 19.1 Å². The Bertz CT molecular complexity index is 1280. The summed E-state index contributed by atoms with van der Waals surface area (Å²) in [7, 11) is 1.39. The van der Waals surface area contributed by atoms with Crippen LogP contribution < -0.4 is 14.8 Å². The van der Waals surface area contributed by atoms with Crippen LogP contribution in [0, 0.1) is 12.8 Å². The Morgan fingerprint density at radius 1 is 1.26 bits per heavy atom. The van der Waals surface area contributed by atoms with Gasteiger partial charge < -0.3 is 19.5 Å². The number of halogens is 4. The number of aryl methyl sites for hydroxylation is 1. The summed E-state index contributed by atoms with van der Waals surface area (Å²) in [5.41, 5.74) is 1.39. The van der Waals surface area contributed by atoms with Gasteiger partial charge in [-0.2, -0.15) is 18.2 Å². The Balaban J connectivity index is 1.43. The van der Waals surface area contributed by atoms with E-state index in [9.17, 15) is 18.0 Å². The molecule has 9 nitrogen and oxygen atoms in total. The number of nitrogens with one attached hydrogen (secondary N) is 1. The van der Waals surface area contributed by atoms with Crippen LogP contribution in [0.2, 0.25) is 4.34 Å². The number of hydrogen-bond acceptors (Lipinski definition) is 10. The van der Waals surface area contributed by atoms with Crippen LogP contribution in [0.15, 0.2) is 24.5 Å². The van der Waals surface area contributed by atoms with E-state index in [0.717, 1.165) is 24.8 Å². The van der Waals surface area contributed by atoms with Crippen molar-refractivity contribution >= 4 is 34.9 Å². The van der Waals surface area contributed by atoms with Gasteiger partial charge in [-0.05, 0) is 44.2 Å². The second-order valence-corrected chi connectivity index (χ2v) is 10.3. The number of rotatable bonds is 9. The van der Waals surface area contributed by atoms with Crippen LogP contribution in [-0.2, 0) is 16.1 Å². The zero-order valence-electron chi connectivity index (χ0n) is 20.5. The first-order valence-corrected chi connectivity index (χ1v) is 12.9. The summed E-state index contributed by atoms with van der Waals surface area (Å²) in [6.45, 7) is 0.588. The third-order valence-corrected chi connectivity index (χ3v) is 7.12. The highest BCUT2D eigenvalue weighted by Crippen LogP contribution is 2.36. The topological polar surface area (TPSA) is 108 Å². The van der Waals surface area contributed by atoms with E-state index in [4.69, 9.17) is 21.1 Å². The van der Waals surface area contributed by atoms with Gasteiger partial charge in [0, 0.05) is 18.8 Å². The summed E-state index contributed by atoms with van der Waals surface area (Å²) in [6.07, 6.45) is 1.36. The van der Waals surface area contributed by atoms with Gasteiger partial charge in [-0.15, -0.1) is 11.3 Å². The number of nitrogens with zero attached hydrogens (tertiary/aromatic N) is 4. The lowest BCUT2D eigenvalue weighted by Gasteiger charge is -2.28. The van der Waals surface area contributed by atoms with Crippen LogP contribution in [0.1, 0.15) is 36.9 Å². The summed E-state index contributed by atoms with van der Waals surface area (Å²) in [6, 6.07) is 2.99. The minimum absolute atomic E-state index is 0.0940. The van der Waals surface area contributed by atoms with E-state index in [2.05, 4.69) is 30.0 Å². The molecule has 0 amide bonds. The minimum atomic E-state index is -4.47. The van der Waals surface area contributed by atoms with Gasteiger partial charge in [0.2, 0.25) is 11.8 Å². The molecule has 0 aromatic carbocycles. The quantitative estimate of drug-likeness (QED) is 0.327. The number of carbonyl (C=O) groups is 1. The number of aromatic nitrogens is 4. The maximum Gasteiger partial charge on any atom is 0.422 e. The molecule has 0 saturated heterocycles. The third-order valence-electron chi connectivity index (χ3n) is 5.82. The van der Waals surface area contributed by atoms with Gasteiger partial charge in [0.05, 0.1) is 40.2 Å². The fourth-order valence-electron chi connectivity index (χ4n) is 4.05. The monoisotopic (exact) mass is 571 g/mol. The number of hydrogen-bond donors (Lipinski definition) is 1. The lowest BCUT2D eigenvalue weighted by molar-refractivity contribution is -0.154. The first-order valence-electron chi connectivity index (χ1n) is 11.7. The maximum atomic E-state index is 12.4. The van der Waals surface area contributed by atoms with Crippen LogP contribution in [0.3, 0.4) is 0 Å². The first-order chi connectivity index (χ1) is 18.1. The van der Waals surface area contributed by atoms with Gasteiger partial charge in [0.1, 0.15) is 0 Å². The zero-order valence-corrected chi connectivity index (χ0v) is 22.1. The molecule has 204 valence electrons. The Morgan fingerprint density at radius 3 is 2.82 bits per heavy atom. The highest BCUT2D eigenvalue weighted by molar-refractivity contribution is 7.19. The summed E-state index contributed by atoms with van der Waals surface area (Å²) in [5, 5.41) is 2.97. The van der Waals surface area contributed by atoms with E-state index in [1.54, 1.807) is 12.3 Å². The normalized spacial score (nSPS) is 17.6. The highest BCUT2D eigenvalue weighted by Gasteiger charge is 2.30. The minimum Gasteiger partial charge on any atom is -0.487 e. The van der Waals surface area contributed by atoms with Crippen molar-refractivity contribution in [1.29, 1.82) is 0 Å². The molecule has 0 bridgehead atoms. The molecule has 38 heavy (non-hydrogen) atoms. The van der Waals surface area contributed by atoms with E-state index in [0.29, 0.717) is 32.9 Å². The molecule has 0 radical (unpaired) electrons. The molecular formula is C24H25ClF3N5O4S. The van der Waals surface area contributed by atoms with Gasteiger partial charge in [-0.1, -0.05) is 11.6 Å². The van der Waals surface area contributed by atoms with Crippen molar-refractivity contribution in [1.82, 2.24) is 19.9 Å². The Labute approximate surface area is 225 Å². The van der Waals surface area contributed by atoms with Crippen LogP contribution in [0.5, 0.6) is 11.6 Å². The van der Waals surface area contributed by atoms with Gasteiger partial charge in [0.15, 0.2) is 18.2 Å². The number of thiophene rings is 1. The smallest absolute Gasteiger partial charge is 0.422 e. The van der Waals surface area contributed by atoms with Crippen molar-refractivity contribution in [2.45, 2.75) is 51.4 Å². The average Bonchev–Trinajstić information content (AvgIpc) is 3.27. The predicted octanol–water partition coefficient (Wildman–Crippen LogP) is 5.62. The molecule has 4 rings (SSSR count). The number of anilines is 1. The number of methoxy groups -OCH3 is 1. The van der Waals surface area contributed by atoms with E-state index in [1.165, 1.54) is 30.7 Å². The van der Waals surface area contributed by atoms with Gasteiger partial charge in [-0.25, -0.2) is 15.0 Å². The Kier molecular flexibility index (Phi) is 8.87. The summed E-state index contributed by atoms with van der Waals surface area (Å²) in [5.74, 6) is 0.482. The summed E-state index contributed by atoms with van der Waals surface area (Å²) >= 11 is 7.56. The van der Waals surface area contributed by atoms with Gasteiger partial charge in [-0.3, -0.25) is 4.79 Å². The van der Waals surface area contributed by atoms with Crippen LogP contribution >= 0.6 is 22.9 Å². The molecule has 1 fully saturated rings. The summed E-state index contributed by atoms with van der Waals surface area (Å²) in [4.78, 5) is 29.7. The third kappa shape index (κ3) is 7.44. The molecule has 3 aromatic rings. The molecule has 3 heterocycles. The predicted molar refractivity (Wildman–Crippen MR) is 134 cm³/mol. The molecule has 1 N–H and O–H groups in total. The molecule has 1 aliphatic carbocycles. The standard InChI is InChI=1S/C24H25ClF3N5O4S/c1-13-17(37-16-5-3-4-14(8-16)22(34)35-2)11-30-21(32-13)20-15(9-18(25)38-20)10-31-23-29-7-6-19(33-23)36-12-24(26,27)28/h6-7,9,11,14,16H,3-5,8,10,12H2,1-2H3,(H,29,31,33)/t14-,16-/m0/s1. The lowest BCUT2D eigenvalue weighted by Crippen LogP contribution is -2.30. The molecule has 0 spiro atoms. The molecule has 14 heteroatoms. The second kappa shape index (κ2) is 12.1. The van der Waals surface area contributed by atoms with Crippen molar-refractivity contribution in [3.05, 3.63) is 40.1 Å². The Hall–Kier alpha value is -3.19. The fraction of sp³-hybridized carbons (Fsp3) is 0.458.